The van der Waals surface area contributed by atoms with Gasteiger partial charge in [0, 0.05) is 44.6 Å². The van der Waals surface area contributed by atoms with Crippen LogP contribution in [0.5, 0.6) is 5.75 Å². The normalized spacial score (nSPS) is 23.7. The van der Waals surface area contributed by atoms with Crippen molar-refractivity contribution in [2.45, 2.75) is 32.9 Å². The van der Waals surface area contributed by atoms with Crippen molar-refractivity contribution < 1.29 is 19.1 Å². The molecule has 0 aliphatic carbocycles. The van der Waals surface area contributed by atoms with E-state index < -0.39 is 5.60 Å². The minimum Gasteiger partial charge on any atom is -0.497 e. The molecular weight excluding hydrogens is 332 g/mol. The largest absolute Gasteiger partial charge is 0.497 e. The molecule has 26 heavy (non-hydrogen) atoms. The molecular formula is C20H28N2O4. The number of piperidine rings is 2. The number of amides is 1. The minimum absolute atomic E-state index is 0.131. The third-order valence-corrected chi connectivity index (χ3v) is 4.86. The van der Waals surface area contributed by atoms with E-state index in [1.807, 2.05) is 32.9 Å². The molecule has 0 saturated carbocycles. The number of benzene rings is 1. The standard InChI is InChI=1S/C20H28N2O4/c1-20(2,3)26-19(24)22-12-15-10-21(11-16(13-22)18(15)23)9-14-5-7-17(25-4)8-6-14/h5-8,15-16H,9-13H2,1-4H3. The fraction of sp³-hybridized carbons (Fsp3) is 0.600. The third-order valence-electron chi connectivity index (χ3n) is 4.86. The Bertz CT molecular complexity index is 647. The summed E-state index contributed by atoms with van der Waals surface area (Å²) in [5.41, 5.74) is 0.677. The van der Waals surface area contributed by atoms with E-state index >= 15 is 0 Å². The van der Waals surface area contributed by atoms with Gasteiger partial charge >= 0.3 is 6.09 Å². The van der Waals surface area contributed by atoms with Crippen molar-refractivity contribution in [3.8, 4) is 5.75 Å². The fourth-order valence-corrected chi connectivity index (χ4v) is 3.71. The van der Waals surface area contributed by atoms with E-state index in [-0.39, 0.29) is 23.7 Å². The maximum Gasteiger partial charge on any atom is 0.410 e. The molecule has 2 heterocycles. The number of hydrogen-bond donors (Lipinski definition) is 0. The second-order valence-corrected chi connectivity index (χ2v) is 8.22. The van der Waals surface area contributed by atoms with Gasteiger partial charge in [0.15, 0.2) is 0 Å². The molecule has 2 aliphatic heterocycles. The first-order valence-electron chi connectivity index (χ1n) is 9.12. The fourth-order valence-electron chi connectivity index (χ4n) is 3.71. The Labute approximate surface area is 155 Å². The first-order valence-corrected chi connectivity index (χ1v) is 9.12. The van der Waals surface area contributed by atoms with Crippen LogP contribution >= 0.6 is 0 Å². The first kappa shape index (κ1) is 18.7. The van der Waals surface area contributed by atoms with Crippen LogP contribution in [0.25, 0.3) is 0 Å². The molecule has 0 radical (unpaired) electrons. The second-order valence-electron chi connectivity index (χ2n) is 8.22. The highest BCUT2D eigenvalue weighted by Gasteiger charge is 2.43. The Morgan fingerprint density at radius 1 is 1.08 bits per heavy atom. The van der Waals surface area contributed by atoms with Crippen LogP contribution in [0.15, 0.2) is 24.3 Å². The number of nitrogens with zero attached hydrogens (tertiary/aromatic N) is 2. The lowest BCUT2D eigenvalue weighted by atomic mass is 9.83. The summed E-state index contributed by atoms with van der Waals surface area (Å²) in [6.07, 6.45) is -0.316. The average Bonchev–Trinajstić information content (AvgIpc) is 2.55. The van der Waals surface area contributed by atoms with Crippen molar-refractivity contribution >= 4 is 11.9 Å². The Hall–Kier alpha value is -2.08. The molecule has 0 spiro atoms. The lowest BCUT2D eigenvalue weighted by molar-refractivity contribution is -0.137. The van der Waals surface area contributed by atoms with E-state index in [0.717, 1.165) is 12.3 Å². The zero-order valence-corrected chi connectivity index (χ0v) is 16.0. The van der Waals surface area contributed by atoms with Crippen LogP contribution in [0.4, 0.5) is 4.79 Å². The van der Waals surface area contributed by atoms with Gasteiger partial charge in [-0.15, -0.1) is 0 Å². The third kappa shape index (κ3) is 4.36. The van der Waals surface area contributed by atoms with Crippen molar-refractivity contribution in [2.24, 2.45) is 11.8 Å². The van der Waals surface area contributed by atoms with Gasteiger partial charge in [-0.1, -0.05) is 12.1 Å². The molecule has 2 atom stereocenters. The van der Waals surface area contributed by atoms with E-state index in [0.29, 0.717) is 26.2 Å². The molecule has 2 fully saturated rings. The molecule has 2 bridgehead atoms. The van der Waals surface area contributed by atoms with Gasteiger partial charge in [-0.3, -0.25) is 9.69 Å². The quantitative estimate of drug-likeness (QED) is 0.829. The number of fused-ring (bicyclic) bond motifs is 2. The summed E-state index contributed by atoms with van der Waals surface area (Å²) in [4.78, 5) is 28.9. The Kier molecular flexibility index (Phi) is 5.23. The molecule has 142 valence electrons. The molecule has 6 nitrogen and oxygen atoms in total. The molecule has 3 rings (SSSR count). The molecule has 2 aliphatic rings. The first-order chi connectivity index (χ1) is 12.2. The number of carbonyl (C=O) groups excluding carboxylic acids is 2. The van der Waals surface area contributed by atoms with Gasteiger partial charge in [0.05, 0.1) is 7.11 Å². The maximum atomic E-state index is 12.5. The number of hydrogen-bond acceptors (Lipinski definition) is 5. The molecule has 1 amide bonds. The SMILES string of the molecule is COc1ccc(CN2CC3CN(C(=O)OC(C)(C)C)CC(C2)C3=O)cc1. The van der Waals surface area contributed by atoms with Crippen molar-refractivity contribution in [2.75, 3.05) is 33.3 Å². The van der Waals surface area contributed by atoms with Gasteiger partial charge in [-0.2, -0.15) is 0 Å². The van der Waals surface area contributed by atoms with Crippen LogP contribution in [0.2, 0.25) is 0 Å². The maximum absolute atomic E-state index is 12.5. The van der Waals surface area contributed by atoms with Crippen LogP contribution in [-0.4, -0.2) is 60.6 Å². The Balaban J connectivity index is 1.62. The van der Waals surface area contributed by atoms with Crippen molar-refractivity contribution in [1.82, 2.24) is 9.80 Å². The van der Waals surface area contributed by atoms with Gasteiger partial charge in [-0.25, -0.2) is 4.79 Å². The zero-order chi connectivity index (χ0) is 18.9. The van der Waals surface area contributed by atoms with Crippen molar-refractivity contribution in [3.05, 3.63) is 29.8 Å². The molecule has 1 aromatic rings. The molecule has 6 heteroatoms. The van der Waals surface area contributed by atoms with E-state index in [1.54, 1.807) is 12.0 Å². The predicted molar refractivity (Wildman–Crippen MR) is 98.1 cm³/mol. The number of Topliss-reactive ketones (excluding diaryl/α,β-unsaturated/α-hetero) is 1. The monoisotopic (exact) mass is 360 g/mol. The van der Waals surface area contributed by atoms with Crippen LogP contribution in [0, 0.1) is 11.8 Å². The summed E-state index contributed by atoms with van der Waals surface area (Å²) >= 11 is 0. The van der Waals surface area contributed by atoms with E-state index in [1.165, 1.54) is 5.56 Å². The minimum atomic E-state index is -0.520. The van der Waals surface area contributed by atoms with Crippen molar-refractivity contribution in [3.63, 3.8) is 0 Å². The van der Waals surface area contributed by atoms with Crippen molar-refractivity contribution in [1.29, 1.82) is 0 Å². The number of ketones is 1. The highest BCUT2D eigenvalue weighted by Crippen LogP contribution is 2.28. The molecule has 0 N–H and O–H groups in total. The van der Waals surface area contributed by atoms with Gasteiger partial charge < -0.3 is 14.4 Å². The zero-order valence-electron chi connectivity index (χ0n) is 16.0. The average molecular weight is 360 g/mol. The van der Waals surface area contributed by atoms with Gasteiger partial charge in [-0.05, 0) is 38.5 Å². The van der Waals surface area contributed by atoms with Gasteiger partial charge in [0.2, 0.25) is 0 Å². The Morgan fingerprint density at radius 3 is 2.15 bits per heavy atom. The van der Waals surface area contributed by atoms with Crippen LogP contribution in [0.1, 0.15) is 26.3 Å². The molecule has 0 aromatic heterocycles. The summed E-state index contributed by atoms with van der Waals surface area (Å²) in [7, 11) is 1.66. The lowest BCUT2D eigenvalue weighted by Gasteiger charge is -2.44. The van der Waals surface area contributed by atoms with Crippen LogP contribution in [-0.2, 0) is 16.1 Å². The summed E-state index contributed by atoms with van der Waals surface area (Å²) < 4.78 is 10.7. The number of methoxy groups -OCH3 is 1. The number of rotatable bonds is 3. The predicted octanol–water partition coefficient (Wildman–Crippen LogP) is 2.56. The van der Waals surface area contributed by atoms with E-state index in [9.17, 15) is 9.59 Å². The summed E-state index contributed by atoms with van der Waals surface area (Å²) in [6, 6.07) is 8.01. The number of ether oxygens (including phenoxy) is 2. The number of carbonyl (C=O) groups is 2. The van der Waals surface area contributed by atoms with E-state index in [2.05, 4.69) is 17.0 Å². The summed E-state index contributed by atoms with van der Waals surface area (Å²) in [6.45, 7) is 8.64. The van der Waals surface area contributed by atoms with Gasteiger partial charge in [0.25, 0.3) is 0 Å². The Morgan fingerprint density at radius 2 is 1.65 bits per heavy atom. The van der Waals surface area contributed by atoms with Gasteiger partial charge in [0.1, 0.15) is 17.1 Å². The molecule has 2 saturated heterocycles. The van der Waals surface area contributed by atoms with Crippen LogP contribution in [0.3, 0.4) is 0 Å². The smallest absolute Gasteiger partial charge is 0.410 e. The topological polar surface area (TPSA) is 59.1 Å². The van der Waals surface area contributed by atoms with E-state index in [4.69, 9.17) is 9.47 Å². The summed E-state index contributed by atoms with van der Waals surface area (Å²) in [5.74, 6) is 0.866. The highest BCUT2D eigenvalue weighted by molar-refractivity contribution is 5.87. The molecule has 2 unspecified atom stereocenters. The second kappa shape index (κ2) is 7.27. The lowest BCUT2D eigenvalue weighted by Crippen LogP contribution is -2.59. The van der Waals surface area contributed by atoms with Crippen LogP contribution < -0.4 is 4.74 Å². The number of likely N-dealkylation sites (tertiary alicyclic amines) is 2. The molecule has 1 aromatic carbocycles. The highest BCUT2D eigenvalue weighted by atomic mass is 16.6. The summed E-state index contributed by atoms with van der Waals surface area (Å²) in [5, 5.41) is 0.